The molecule has 1 N–H and O–H groups in total. The van der Waals surface area contributed by atoms with Gasteiger partial charge in [-0.1, -0.05) is 36.4 Å². The van der Waals surface area contributed by atoms with Crippen molar-refractivity contribution in [3.05, 3.63) is 82.2 Å². The van der Waals surface area contributed by atoms with E-state index in [1.807, 2.05) is 48.9 Å². The first-order valence-electron chi connectivity index (χ1n) is 10.1. The summed E-state index contributed by atoms with van der Waals surface area (Å²) in [4.78, 5) is 0.352. The van der Waals surface area contributed by atoms with Gasteiger partial charge in [-0.25, -0.2) is 13.1 Å². The first-order chi connectivity index (χ1) is 13.9. The number of aryl methyl sites for hydroxylation is 3. The summed E-state index contributed by atoms with van der Waals surface area (Å²) in [6, 6.07) is 15.7. The Labute approximate surface area is 172 Å². The van der Waals surface area contributed by atoms with Gasteiger partial charge in [-0.15, -0.1) is 0 Å². The molecule has 0 atom stereocenters. The summed E-state index contributed by atoms with van der Waals surface area (Å²) in [6.07, 6.45) is 4.32. The van der Waals surface area contributed by atoms with Crippen molar-refractivity contribution in [3.8, 4) is 0 Å². The van der Waals surface area contributed by atoms with Crippen LogP contribution >= 0.6 is 0 Å². The number of nitrogens with one attached hydrogen (secondary N) is 1. The molecular formula is C23H27N3O2S. The molecule has 4 rings (SSSR count). The molecule has 0 saturated carbocycles. The first kappa shape index (κ1) is 19.9. The van der Waals surface area contributed by atoms with Crippen LogP contribution in [0.25, 0.3) is 0 Å². The highest BCUT2D eigenvalue weighted by Crippen LogP contribution is 2.24. The van der Waals surface area contributed by atoms with Gasteiger partial charge in [0, 0.05) is 17.8 Å². The summed E-state index contributed by atoms with van der Waals surface area (Å²) in [5, 5.41) is 4.62. The van der Waals surface area contributed by atoms with E-state index in [0.717, 1.165) is 36.2 Å². The molecule has 152 valence electrons. The quantitative estimate of drug-likeness (QED) is 0.671. The Balaban J connectivity index is 1.51. The van der Waals surface area contributed by atoms with Gasteiger partial charge in [-0.3, -0.25) is 4.68 Å². The molecule has 29 heavy (non-hydrogen) atoms. The van der Waals surface area contributed by atoms with Crippen LogP contribution in [-0.4, -0.2) is 18.2 Å². The average Bonchev–Trinajstić information content (AvgIpc) is 2.99. The van der Waals surface area contributed by atoms with Gasteiger partial charge in [0.2, 0.25) is 10.0 Å². The molecule has 0 radical (unpaired) electrons. The molecule has 6 heteroatoms. The monoisotopic (exact) mass is 409 g/mol. The molecule has 5 nitrogen and oxygen atoms in total. The normalized spacial score (nSPS) is 14.0. The number of benzene rings is 2. The van der Waals surface area contributed by atoms with E-state index in [0.29, 0.717) is 11.4 Å². The van der Waals surface area contributed by atoms with Gasteiger partial charge in [-0.05, 0) is 68.4 Å². The third kappa shape index (κ3) is 4.28. The minimum absolute atomic E-state index is 0.242. The summed E-state index contributed by atoms with van der Waals surface area (Å²) >= 11 is 0. The smallest absolute Gasteiger partial charge is 0.240 e. The topological polar surface area (TPSA) is 64.0 Å². The second kappa shape index (κ2) is 8.13. The summed E-state index contributed by atoms with van der Waals surface area (Å²) in [5.41, 5.74) is 6.39. The Kier molecular flexibility index (Phi) is 5.56. The molecule has 0 aliphatic heterocycles. The predicted molar refractivity (Wildman–Crippen MR) is 114 cm³/mol. The van der Waals surface area contributed by atoms with E-state index in [1.165, 1.54) is 23.1 Å². The minimum atomic E-state index is -3.56. The van der Waals surface area contributed by atoms with Gasteiger partial charge < -0.3 is 0 Å². The van der Waals surface area contributed by atoms with Gasteiger partial charge in [0.15, 0.2) is 0 Å². The second-order valence-electron chi connectivity index (χ2n) is 7.75. The SMILES string of the molecule is Cc1nn(Cc2ccccc2)c(C)c1CNS(=O)(=O)c1ccc2c(c1)CCCC2. The van der Waals surface area contributed by atoms with Crippen LogP contribution in [0.15, 0.2) is 53.4 Å². The molecule has 3 aromatic rings. The highest BCUT2D eigenvalue weighted by molar-refractivity contribution is 7.89. The van der Waals surface area contributed by atoms with Crippen LogP contribution in [0.5, 0.6) is 0 Å². The molecule has 1 aliphatic rings. The number of hydrogen-bond donors (Lipinski definition) is 1. The van der Waals surface area contributed by atoms with Crippen LogP contribution in [-0.2, 0) is 36.0 Å². The van der Waals surface area contributed by atoms with E-state index in [4.69, 9.17) is 0 Å². The van der Waals surface area contributed by atoms with Crippen LogP contribution in [0, 0.1) is 13.8 Å². The lowest BCUT2D eigenvalue weighted by Crippen LogP contribution is -2.24. The maximum absolute atomic E-state index is 12.9. The van der Waals surface area contributed by atoms with Gasteiger partial charge in [-0.2, -0.15) is 5.10 Å². The third-order valence-electron chi connectivity index (χ3n) is 5.78. The van der Waals surface area contributed by atoms with E-state index in [9.17, 15) is 8.42 Å². The Morgan fingerprint density at radius 3 is 2.48 bits per heavy atom. The fourth-order valence-electron chi connectivity index (χ4n) is 4.03. The van der Waals surface area contributed by atoms with Crippen LogP contribution < -0.4 is 4.72 Å². The number of sulfonamides is 1. The molecule has 0 unspecified atom stereocenters. The Bertz CT molecular complexity index is 1120. The number of fused-ring (bicyclic) bond motifs is 1. The summed E-state index contributed by atoms with van der Waals surface area (Å²) in [7, 11) is -3.56. The van der Waals surface area contributed by atoms with E-state index >= 15 is 0 Å². The molecule has 1 heterocycles. The molecular weight excluding hydrogens is 382 g/mol. The molecule has 0 spiro atoms. The lowest BCUT2D eigenvalue weighted by atomic mass is 9.92. The van der Waals surface area contributed by atoms with Crippen LogP contribution in [0.3, 0.4) is 0 Å². The molecule has 1 aliphatic carbocycles. The number of rotatable bonds is 6. The van der Waals surface area contributed by atoms with E-state index in [1.54, 1.807) is 6.07 Å². The average molecular weight is 410 g/mol. The molecule has 2 aromatic carbocycles. The first-order valence-corrected chi connectivity index (χ1v) is 11.6. The van der Waals surface area contributed by atoms with Gasteiger partial charge in [0.1, 0.15) is 0 Å². The molecule has 0 fully saturated rings. The lowest BCUT2D eigenvalue weighted by molar-refractivity contribution is 0.580. The largest absolute Gasteiger partial charge is 0.265 e. The number of aromatic nitrogens is 2. The Morgan fingerprint density at radius 1 is 1.00 bits per heavy atom. The van der Waals surface area contributed by atoms with Crippen molar-refractivity contribution in [2.75, 3.05) is 0 Å². The van der Waals surface area contributed by atoms with Crippen molar-refractivity contribution < 1.29 is 8.42 Å². The van der Waals surface area contributed by atoms with E-state index in [-0.39, 0.29) is 6.54 Å². The predicted octanol–water partition coefficient (Wildman–Crippen LogP) is 3.91. The zero-order valence-corrected chi connectivity index (χ0v) is 17.8. The van der Waals surface area contributed by atoms with Crippen LogP contribution in [0.4, 0.5) is 0 Å². The van der Waals surface area contributed by atoms with Crippen molar-refractivity contribution in [2.24, 2.45) is 0 Å². The number of hydrogen-bond acceptors (Lipinski definition) is 3. The second-order valence-corrected chi connectivity index (χ2v) is 9.52. The maximum atomic E-state index is 12.9. The van der Waals surface area contributed by atoms with Gasteiger partial charge in [0.25, 0.3) is 0 Å². The van der Waals surface area contributed by atoms with Crippen molar-refractivity contribution >= 4 is 10.0 Å². The third-order valence-corrected chi connectivity index (χ3v) is 7.17. The van der Waals surface area contributed by atoms with Crippen molar-refractivity contribution in [2.45, 2.75) is 57.5 Å². The fourth-order valence-corrected chi connectivity index (χ4v) is 5.07. The zero-order chi connectivity index (χ0) is 20.4. The Hall–Kier alpha value is -2.44. The van der Waals surface area contributed by atoms with Crippen molar-refractivity contribution in [3.63, 3.8) is 0 Å². The van der Waals surface area contributed by atoms with Crippen molar-refractivity contribution in [1.29, 1.82) is 0 Å². The molecule has 0 amide bonds. The summed E-state index contributed by atoms with van der Waals surface area (Å²) in [5.74, 6) is 0. The zero-order valence-electron chi connectivity index (χ0n) is 17.0. The fraction of sp³-hybridized carbons (Fsp3) is 0.348. The minimum Gasteiger partial charge on any atom is -0.265 e. The molecule has 0 saturated heterocycles. The Morgan fingerprint density at radius 2 is 1.72 bits per heavy atom. The van der Waals surface area contributed by atoms with Crippen LogP contribution in [0.2, 0.25) is 0 Å². The van der Waals surface area contributed by atoms with Crippen LogP contribution in [0.1, 0.15) is 46.5 Å². The standard InChI is InChI=1S/C23H27N3O2S/c1-17-23(18(2)26(25-17)16-19-8-4-3-5-9-19)15-24-29(27,28)22-13-12-20-10-6-7-11-21(20)14-22/h3-5,8-9,12-14,24H,6-7,10-11,15-16H2,1-2H3. The van der Waals surface area contributed by atoms with Gasteiger partial charge >= 0.3 is 0 Å². The van der Waals surface area contributed by atoms with E-state index < -0.39 is 10.0 Å². The lowest BCUT2D eigenvalue weighted by Gasteiger charge is -2.17. The summed E-state index contributed by atoms with van der Waals surface area (Å²) in [6.45, 7) is 4.83. The maximum Gasteiger partial charge on any atom is 0.240 e. The number of nitrogens with zero attached hydrogens (tertiary/aromatic N) is 2. The van der Waals surface area contributed by atoms with E-state index in [2.05, 4.69) is 22.0 Å². The summed E-state index contributed by atoms with van der Waals surface area (Å²) < 4.78 is 30.5. The van der Waals surface area contributed by atoms with Crippen molar-refractivity contribution in [1.82, 2.24) is 14.5 Å². The molecule has 0 bridgehead atoms. The highest BCUT2D eigenvalue weighted by atomic mass is 32.2. The molecule has 1 aromatic heterocycles. The van der Waals surface area contributed by atoms with Gasteiger partial charge in [0.05, 0.1) is 17.1 Å². The highest BCUT2D eigenvalue weighted by Gasteiger charge is 2.19.